The van der Waals surface area contributed by atoms with E-state index in [9.17, 15) is 9.59 Å². The Kier molecular flexibility index (Phi) is 6.54. The minimum Gasteiger partial charge on any atom is 0.0433 e. The molecule has 2 aromatic carbocycles. The number of rotatable bonds is 7. The summed E-state index contributed by atoms with van der Waals surface area (Å²) in [7, 11) is 0. The zero-order valence-corrected chi connectivity index (χ0v) is 21.3. The van der Waals surface area contributed by atoms with Crippen molar-refractivity contribution >= 4 is 11.7 Å². The Morgan fingerprint density at radius 1 is 1.18 bits per heavy atom. The number of ether oxygens (including phenoxy) is 1. The SMILES string of the molecule is C=CC(=O)N1CCC[C@@H](n2cc(C(C)=O)c(-c3ccc(Oc4cccc(C5C[I-]5)c4)cc3)n2)C1. The zero-order chi connectivity index (χ0) is 23.7. The molecule has 0 aliphatic carbocycles. The van der Waals surface area contributed by atoms with E-state index in [2.05, 4.69) is 24.8 Å². The van der Waals surface area contributed by atoms with Crippen molar-refractivity contribution in [1.82, 2.24) is 14.7 Å². The fourth-order valence-electron chi connectivity index (χ4n) is 4.36. The molecule has 0 radical (unpaired) electrons. The molecule has 0 bridgehead atoms. The number of carbonyl (C=O) groups excluding carboxylic acids is 2. The van der Waals surface area contributed by atoms with Crippen LogP contribution in [-0.4, -0.2) is 43.9 Å². The minimum absolute atomic E-state index is 0.0314. The molecule has 0 saturated carbocycles. The van der Waals surface area contributed by atoms with E-state index < -0.39 is 0 Å². The van der Waals surface area contributed by atoms with Crippen LogP contribution >= 0.6 is 0 Å². The minimum atomic E-state index is -0.0660. The van der Waals surface area contributed by atoms with Gasteiger partial charge >= 0.3 is 138 Å². The molecular formula is C27H27IN3O3-. The average Bonchev–Trinajstić information content (AvgIpc) is 3.62. The summed E-state index contributed by atoms with van der Waals surface area (Å²) in [5.74, 6) is 1.51. The van der Waals surface area contributed by atoms with Crippen LogP contribution in [-0.2, 0) is 4.79 Å². The standard InChI is InChI=1S/C27H27IN3O3/c1-3-26(33)30-13-5-7-21(16-30)31-17-24(18(2)32)27(29-31)19-9-11-22(12-10-19)34-23-8-4-6-20(14-23)25-15-28-25/h3-4,6,8-12,14,17,21,25H,1,5,7,13,15-16H2,2H3/q-1/t21-,25?/m1/s1. The number of ketones is 1. The second kappa shape index (κ2) is 9.74. The van der Waals surface area contributed by atoms with E-state index in [-0.39, 0.29) is 17.7 Å². The summed E-state index contributed by atoms with van der Waals surface area (Å²) in [6.07, 6.45) is 4.98. The molecule has 7 heteroatoms. The Labute approximate surface area is 209 Å². The first-order chi connectivity index (χ1) is 16.5. The summed E-state index contributed by atoms with van der Waals surface area (Å²) in [5.41, 5.74) is 3.49. The number of benzene rings is 2. The van der Waals surface area contributed by atoms with Crippen LogP contribution in [0.2, 0.25) is 0 Å². The molecule has 2 saturated heterocycles. The molecule has 0 N–H and O–H groups in total. The van der Waals surface area contributed by atoms with Crippen molar-refractivity contribution < 1.29 is 35.5 Å². The van der Waals surface area contributed by atoms with Crippen molar-refractivity contribution in [3.63, 3.8) is 0 Å². The summed E-state index contributed by atoms with van der Waals surface area (Å²) in [5, 5.41) is 4.79. The second-order valence-corrected chi connectivity index (χ2v) is 12.0. The topological polar surface area (TPSA) is 64.4 Å². The van der Waals surface area contributed by atoms with Crippen molar-refractivity contribution in [1.29, 1.82) is 0 Å². The van der Waals surface area contributed by atoms with Crippen LogP contribution in [0.25, 0.3) is 11.3 Å². The number of carbonyl (C=O) groups is 2. The first-order valence-corrected chi connectivity index (χ1v) is 14.3. The molecule has 2 atom stereocenters. The molecule has 176 valence electrons. The average molecular weight is 568 g/mol. The number of amides is 1. The Morgan fingerprint density at radius 2 is 1.97 bits per heavy atom. The van der Waals surface area contributed by atoms with Crippen molar-refractivity contribution in [2.45, 2.75) is 29.7 Å². The molecular weight excluding hydrogens is 541 g/mol. The van der Waals surface area contributed by atoms with Gasteiger partial charge in [-0.15, -0.1) is 0 Å². The molecule has 2 aliphatic heterocycles. The van der Waals surface area contributed by atoms with Crippen molar-refractivity contribution in [2.75, 3.05) is 17.5 Å². The van der Waals surface area contributed by atoms with Gasteiger partial charge in [-0.2, -0.15) is 0 Å². The molecule has 2 fully saturated rings. The number of hydrogen-bond acceptors (Lipinski definition) is 4. The normalized spacial score (nSPS) is 19.7. The van der Waals surface area contributed by atoms with Crippen molar-refractivity contribution in [3.05, 3.63) is 78.5 Å². The van der Waals surface area contributed by atoms with Crippen LogP contribution in [0.15, 0.2) is 67.4 Å². The number of halogens is 1. The van der Waals surface area contributed by atoms with Gasteiger partial charge in [0.05, 0.1) is 6.04 Å². The summed E-state index contributed by atoms with van der Waals surface area (Å²) >= 11 is 0.357. The maximum absolute atomic E-state index is 12.4. The van der Waals surface area contributed by atoms with Crippen LogP contribution in [0.4, 0.5) is 0 Å². The summed E-state index contributed by atoms with van der Waals surface area (Å²) in [6.45, 7) is 6.45. The van der Waals surface area contributed by atoms with Gasteiger partial charge in [0.25, 0.3) is 0 Å². The van der Waals surface area contributed by atoms with E-state index in [4.69, 9.17) is 9.84 Å². The van der Waals surface area contributed by atoms with Gasteiger partial charge < -0.3 is 4.90 Å². The third kappa shape index (κ3) is 4.94. The Balaban J connectivity index is 1.36. The molecule has 5 rings (SSSR count). The van der Waals surface area contributed by atoms with Gasteiger partial charge in [-0.1, -0.05) is 6.58 Å². The Morgan fingerprint density at radius 3 is 2.68 bits per heavy atom. The van der Waals surface area contributed by atoms with E-state index in [1.54, 1.807) is 11.8 Å². The number of Topliss-reactive ketones (excluding diaryl/α,β-unsaturated/α-hetero) is 1. The Bertz CT molecular complexity index is 1230. The first-order valence-electron chi connectivity index (χ1n) is 11.5. The third-order valence-electron chi connectivity index (χ3n) is 6.26. The van der Waals surface area contributed by atoms with Crippen LogP contribution < -0.4 is 25.9 Å². The van der Waals surface area contributed by atoms with Crippen LogP contribution in [0.3, 0.4) is 0 Å². The molecule has 3 heterocycles. The van der Waals surface area contributed by atoms with Gasteiger partial charge in [-0.05, 0) is 25.8 Å². The number of likely N-dealkylation sites (tertiary alicyclic amines) is 1. The van der Waals surface area contributed by atoms with Gasteiger partial charge in [-0.3, -0.25) is 9.59 Å². The van der Waals surface area contributed by atoms with Gasteiger partial charge in [0.2, 0.25) is 5.91 Å². The first kappa shape index (κ1) is 22.8. The predicted molar refractivity (Wildman–Crippen MR) is 127 cm³/mol. The molecule has 34 heavy (non-hydrogen) atoms. The number of nitrogens with zero attached hydrogens (tertiary/aromatic N) is 3. The van der Waals surface area contributed by atoms with Crippen LogP contribution in [0, 0.1) is 0 Å². The maximum atomic E-state index is 12.4. The number of piperidine rings is 1. The third-order valence-corrected chi connectivity index (χ3v) is 8.74. The summed E-state index contributed by atoms with van der Waals surface area (Å²) < 4.78 is 10.1. The predicted octanol–water partition coefficient (Wildman–Crippen LogP) is 2.04. The smallest absolute Gasteiger partial charge is 0.0433 e. The molecule has 6 nitrogen and oxygen atoms in total. The molecule has 1 aromatic heterocycles. The van der Waals surface area contributed by atoms with Gasteiger partial charge in [-0.25, -0.2) is 0 Å². The van der Waals surface area contributed by atoms with Crippen LogP contribution in [0.5, 0.6) is 11.5 Å². The number of aromatic nitrogens is 2. The Hall–Kier alpha value is -2.94. The molecule has 3 aromatic rings. The number of alkyl halides is 2. The molecule has 1 amide bonds. The summed E-state index contributed by atoms with van der Waals surface area (Å²) in [4.78, 5) is 26.3. The van der Waals surface area contributed by atoms with E-state index in [1.807, 2.05) is 41.2 Å². The van der Waals surface area contributed by atoms with Gasteiger partial charge in [0, 0.05) is 13.1 Å². The zero-order valence-electron chi connectivity index (χ0n) is 19.1. The van der Waals surface area contributed by atoms with Crippen molar-refractivity contribution in [3.8, 4) is 22.8 Å². The van der Waals surface area contributed by atoms with E-state index in [0.717, 1.165) is 40.4 Å². The summed E-state index contributed by atoms with van der Waals surface area (Å²) in [6, 6.07) is 16.1. The van der Waals surface area contributed by atoms with Crippen molar-refractivity contribution in [2.24, 2.45) is 0 Å². The molecule has 1 unspecified atom stereocenters. The van der Waals surface area contributed by atoms with Gasteiger partial charge in [0.1, 0.15) is 0 Å². The van der Waals surface area contributed by atoms with E-state index >= 15 is 0 Å². The van der Waals surface area contributed by atoms with E-state index in [1.165, 1.54) is 16.1 Å². The largest absolute Gasteiger partial charge is 0.0433 e. The monoisotopic (exact) mass is 568 g/mol. The van der Waals surface area contributed by atoms with Crippen LogP contribution in [0.1, 0.15) is 45.7 Å². The second-order valence-electron chi connectivity index (χ2n) is 8.69. The fourth-order valence-corrected chi connectivity index (χ4v) is 6.02. The van der Waals surface area contributed by atoms with E-state index in [0.29, 0.717) is 39.0 Å². The number of hydrogen-bond donors (Lipinski definition) is 0. The quantitative estimate of drug-likeness (QED) is 0.190. The van der Waals surface area contributed by atoms with Gasteiger partial charge in [0.15, 0.2) is 0 Å². The fraction of sp³-hybridized carbons (Fsp3) is 0.296. The maximum Gasteiger partial charge on any atom is 0.0433 e. The molecule has 0 spiro atoms. The molecule has 2 aliphatic rings.